The molecule has 0 aliphatic carbocycles. The topological polar surface area (TPSA) is 62.4 Å². The minimum absolute atomic E-state index is 0.139. The van der Waals surface area contributed by atoms with Gasteiger partial charge in [0.05, 0.1) is 32.1 Å². The standard InChI is InChI=1S/C18H22N4O2/c1-2-24-16-7-5-6-15(18(16)23)14-20-22-12-10-21(11-13-22)17-8-3-4-9-19-17/h3-9,14,23H,2,10-13H2,1H3/p+1/b20-14+. The minimum atomic E-state index is 0.139. The minimum Gasteiger partial charge on any atom is -0.504 e. The van der Waals surface area contributed by atoms with Crippen molar-refractivity contribution in [1.82, 2.24) is 5.01 Å². The van der Waals surface area contributed by atoms with Crippen molar-refractivity contribution >= 4 is 12.0 Å². The van der Waals surface area contributed by atoms with Crippen LogP contribution in [0.2, 0.25) is 0 Å². The molecule has 6 nitrogen and oxygen atoms in total. The first-order valence-corrected chi connectivity index (χ1v) is 8.23. The van der Waals surface area contributed by atoms with Gasteiger partial charge in [0.15, 0.2) is 11.5 Å². The maximum atomic E-state index is 10.2. The summed E-state index contributed by atoms with van der Waals surface area (Å²) < 4.78 is 5.40. The molecular formula is C18H23N4O2+. The Morgan fingerprint density at radius 3 is 2.71 bits per heavy atom. The first-order valence-electron chi connectivity index (χ1n) is 8.23. The molecule has 24 heavy (non-hydrogen) atoms. The number of phenols is 1. The van der Waals surface area contributed by atoms with Crippen molar-refractivity contribution < 1.29 is 14.8 Å². The second-order valence-corrected chi connectivity index (χ2v) is 5.56. The number of anilines is 1. The number of aromatic amines is 1. The van der Waals surface area contributed by atoms with Crippen LogP contribution in [0.1, 0.15) is 12.5 Å². The number of piperazine rings is 1. The highest BCUT2D eigenvalue weighted by atomic mass is 16.5. The molecule has 0 radical (unpaired) electrons. The summed E-state index contributed by atoms with van der Waals surface area (Å²) in [5.74, 6) is 1.76. The summed E-state index contributed by atoms with van der Waals surface area (Å²) in [6.45, 7) is 5.90. The average Bonchev–Trinajstić information content (AvgIpc) is 2.64. The lowest BCUT2D eigenvalue weighted by atomic mass is 10.2. The van der Waals surface area contributed by atoms with Crippen molar-refractivity contribution in [1.29, 1.82) is 0 Å². The van der Waals surface area contributed by atoms with E-state index in [4.69, 9.17) is 4.74 Å². The Balaban J connectivity index is 1.60. The highest BCUT2D eigenvalue weighted by molar-refractivity contribution is 5.84. The molecule has 1 saturated heterocycles. The zero-order chi connectivity index (χ0) is 16.8. The Morgan fingerprint density at radius 1 is 1.17 bits per heavy atom. The van der Waals surface area contributed by atoms with E-state index in [0.717, 1.165) is 32.0 Å². The number of benzene rings is 1. The molecule has 0 amide bonds. The fourth-order valence-corrected chi connectivity index (χ4v) is 2.69. The molecule has 1 aliphatic heterocycles. The Labute approximate surface area is 142 Å². The van der Waals surface area contributed by atoms with E-state index in [1.807, 2.05) is 42.4 Å². The molecule has 1 aromatic carbocycles. The molecule has 0 spiro atoms. The van der Waals surface area contributed by atoms with Crippen LogP contribution in [0.5, 0.6) is 11.5 Å². The van der Waals surface area contributed by atoms with Gasteiger partial charge in [0.2, 0.25) is 0 Å². The summed E-state index contributed by atoms with van der Waals surface area (Å²) in [6, 6.07) is 11.5. The monoisotopic (exact) mass is 327 g/mol. The maximum absolute atomic E-state index is 10.2. The third kappa shape index (κ3) is 3.76. The number of hydrogen-bond acceptors (Lipinski definition) is 5. The largest absolute Gasteiger partial charge is 0.504 e. The number of para-hydroxylation sites is 1. The van der Waals surface area contributed by atoms with E-state index in [2.05, 4.69) is 21.1 Å². The number of nitrogens with one attached hydrogen (secondary N) is 1. The molecule has 1 fully saturated rings. The molecule has 6 heteroatoms. The Kier molecular flexibility index (Phi) is 5.15. The van der Waals surface area contributed by atoms with Gasteiger partial charge in [0.25, 0.3) is 5.82 Å². The van der Waals surface area contributed by atoms with Gasteiger partial charge in [-0.05, 0) is 25.1 Å². The predicted octanol–water partition coefficient (Wildman–Crippen LogP) is 1.76. The van der Waals surface area contributed by atoms with Crippen LogP contribution < -0.4 is 14.6 Å². The number of aromatic nitrogens is 1. The van der Waals surface area contributed by atoms with Crippen molar-refractivity contribution in [2.45, 2.75) is 6.92 Å². The van der Waals surface area contributed by atoms with E-state index in [0.29, 0.717) is 17.9 Å². The normalized spacial score (nSPS) is 15.0. The summed E-state index contributed by atoms with van der Waals surface area (Å²) in [7, 11) is 0. The molecule has 126 valence electrons. The molecule has 0 atom stereocenters. The SMILES string of the molecule is CCOc1cccc(/C=N/N2CCN(c3cccc[nH+]3)CC2)c1O. The number of hydrazone groups is 1. The average molecular weight is 327 g/mol. The van der Waals surface area contributed by atoms with Gasteiger partial charge >= 0.3 is 0 Å². The molecule has 2 aromatic rings. The molecule has 1 aliphatic rings. The lowest BCUT2D eigenvalue weighted by Crippen LogP contribution is -2.45. The predicted molar refractivity (Wildman–Crippen MR) is 93.7 cm³/mol. The number of hydrogen-bond donors (Lipinski definition) is 1. The molecule has 0 unspecified atom stereocenters. The van der Waals surface area contributed by atoms with Crippen LogP contribution in [0.3, 0.4) is 0 Å². The van der Waals surface area contributed by atoms with Crippen LogP contribution >= 0.6 is 0 Å². The Bertz CT molecular complexity index is 683. The van der Waals surface area contributed by atoms with Crippen LogP contribution in [0.15, 0.2) is 47.7 Å². The number of rotatable bonds is 5. The zero-order valence-electron chi connectivity index (χ0n) is 13.9. The van der Waals surface area contributed by atoms with Gasteiger partial charge in [0, 0.05) is 11.6 Å². The van der Waals surface area contributed by atoms with Gasteiger partial charge in [-0.3, -0.25) is 9.91 Å². The van der Waals surface area contributed by atoms with Crippen molar-refractivity contribution in [3.05, 3.63) is 48.2 Å². The van der Waals surface area contributed by atoms with Crippen molar-refractivity contribution in [3.63, 3.8) is 0 Å². The third-order valence-corrected chi connectivity index (χ3v) is 3.98. The molecule has 0 saturated carbocycles. The van der Waals surface area contributed by atoms with E-state index in [1.165, 1.54) is 0 Å². The second-order valence-electron chi connectivity index (χ2n) is 5.56. The smallest absolute Gasteiger partial charge is 0.274 e. The molecule has 1 aromatic heterocycles. The summed E-state index contributed by atoms with van der Waals surface area (Å²) in [6.07, 6.45) is 3.64. The van der Waals surface area contributed by atoms with E-state index < -0.39 is 0 Å². The number of ether oxygens (including phenoxy) is 1. The first kappa shape index (κ1) is 16.1. The van der Waals surface area contributed by atoms with Gasteiger partial charge in [-0.15, -0.1) is 0 Å². The maximum Gasteiger partial charge on any atom is 0.274 e. The molecule has 3 rings (SSSR count). The Morgan fingerprint density at radius 2 is 2.00 bits per heavy atom. The lowest BCUT2D eigenvalue weighted by Gasteiger charge is -2.28. The summed E-state index contributed by atoms with van der Waals surface area (Å²) in [5.41, 5.74) is 0.666. The number of pyridine rings is 1. The van der Waals surface area contributed by atoms with Crippen LogP contribution in [-0.4, -0.2) is 49.1 Å². The molecular weight excluding hydrogens is 304 g/mol. The highest BCUT2D eigenvalue weighted by Gasteiger charge is 2.22. The third-order valence-electron chi connectivity index (χ3n) is 3.98. The van der Waals surface area contributed by atoms with E-state index >= 15 is 0 Å². The van der Waals surface area contributed by atoms with E-state index in [9.17, 15) is 5.11 Å². The first-order chi connectivity index (χ1) is 11.8. The van der Waals surface area contributed by atoms with Crippen molar-refractivity contribution in [2.24, 2.45) is 5.10 Å². The molecule has 2 heterocycles. The lowest BCUT2D eigenvalue weighted by molar-refractivity contribution is -0.364. The van der Waals surface area contributed by atoms with Crippen LogP contribution in [-0.2, 0) is 0 Å². The number of H-pyrrole nitrogens is 1. The van der Waals surface area contributed by atoms with Crippen LogP contribution in [0.4, 0.5) is 5.82 Å². The summed E-state index contributed by atoms with van der Waals surface area (Å²) in [4.78, 5) is 5.56. The van der Waals surface area contributed by atoms with Crippen molar-refractivity contribution in [3.8, 4) is 11.5 Å². The second kappa shape index (κ2) is 7.68. The fraction of sp³-hybridized carbons (Fsp3) is 0.333. The van der Waals surface area contributed by atoms with Crippen LogP contribution in [0, 0.1) is 0 Å². The summed E-state index contributed by atoms with van der Waals surface area (Å²) in [5, 5.41) is 16.7. The van der Waals surface area contributed by atoms with E-state index in [-0.39, 0.29) is 5.75 Å². The van der Waals surface area contributed by atoms with Gasteiger partial charge in [-0.2, -0.15) is 5.10 Å². The van der Waals surface area contributed by atoms with Gasteiger partial charge in [-0.25, -0.2) is 4.98 Å². The fourth-order valence-electron chi connectivity index (χ4n) is 2.69. The number of nitrogens with zero attached hydrogens (tertiary/aromatic N) is 3. The van der Waals surface area contributed by atoms with Gasteiger partial charge < -0.3 is 9.84 Å². The van der Waals surface area contributed by atoms with E-state index in [1.54, 1.807) is 12.3 Å². The number of aromatic hydroxyl groups is 1. The zero-order valence-corrected chi connectivity index (χ0v) is 13.9. The number of phenolic OH excluding ortho intramolecular Hbond substituents is 1. The van der Waals surface area contributed by atoms with Crippen LogP contribution in [0.25, 0.3) is 0 Å². The van der Waals surface area contributed by atoms with Gasteiger partial charge in [0.1, 0.15) is 13.1 Å². The Hall–Kier alpha value is -2.76. The molecule has 0 bridgehead atoms. The summed E-state index contributed by atoms with van der Waals surface area (Å²) >= 11 is 0. The highest BCUT2D eigenvalue weighted by Crippen LogP contribution is 2.28. The quantitative estimate of drug-likeness (QED) is 0.850. The molecule has 2 N–H and O–H groups in total. The van der Waals surface area contributed by atoms with Crippen molar-refractivity contribution in [2.75, 3.05) is 37.7 Å². The van der Waals surface area contributed by atoms with Gasteiger partial charge in [-0.1, -0.05) is 12.1 Å².